The topological polar surface area (TPSA) is 32.3 Å². The molecule has 1 unspecified atom stereocenters. The predicted octanol–water partition coefficient (Wildman–Crippen LogP) is 3.80. The van der Waals surface area contributed by atoms with Gasteiger partial charge in [0.05, 0.1) is 0 Å². The van der Waals surface area contributed by atoms with E-state index in [0.29, 0.717) is 11.3 Å². The summed E-state index contributed by atoms with van der Waals surface area (Å²) in [4.78, 5) is 0. The number of benzene rings is 2. The number of nitrogens with one attached hydrogen (secondary N) is 1. The lowest BCUT2D eigenvalue weighted by molar-refractivity contribution is 0.125. The summed E-state index contributed by atoms with van der Waals surface area (Å²) in [6.07, 6.45) is 5.65. The lowest BCUT2D eigenvalue weighted by atomic mass is 9.68. The first-order chi connectivity index (χ1) is 10.3. The smallest absolute Gasteiger partial charge is 0.105 e. The molecule has 2 aromatic carbocycles. The molecule has 1 spiro atoms. The molecule has 2 fully saturated rings. The van der Waals surface area contributed by atoms with Crippen LogP contribution in [0, 0.1) is 5.41 Å². The molecule has 2 heteroatoms. The summed E-state index contributed by atoms with van der Waals surface area (Å²) in [5.41, 5.74) is 1.88. The zero-order valence-electron chi connectivity index (χ0n) is 12.4. The Hall–Kier alpha value is -1.38. The van der Waals surface area contributed by atoms with Crippen LogP contribution in [-0.2, 0) is 0 Å². The molecule has 1 aliphatic heterocycles. The highest BCUT2D eigenvalue weighted by atomic mass is 16.3. The average molecular weight is 281 g/mol. The van der Waals surface area contributed by atoms with Crippen LogP contribution in [-0.4, -0.2) is 17.9 Å². The normalized spacial score (nSPS) is 32.8. The van der Waals surface area contributed by atoms with Crippen LogP contribution in [0.4, 0.5) is 0 Å². The molecule has 0 aromatic heterocycles. The van der Waals surface area contributed by atoms with E-state index in [-0.39, 0.29) is 6.23 Å². The molecule has 0 radical (unpaired) electrons. The van der Waals surface area contributed by atoms with Gasteiger partial charge in [0.1, 0.15) is 6.23 Å². The molecule has 4 rings (SSSR count). The molecule has 1 saturated heterocycles. The van der Waals surface area contributed by atoms with Gasteiger partial charge in [0.15, 0.2) is 0 Å². The fourth-order valence-electron chi connectivity index (χ4n) is 4.42. The number of aliphatic hydroxyl groups is 1. The first-order valence-electron chi connectivity index (χ1n) is 8.15. The highest BCUT2D eigenvalue weighted by Gasteiger charge is 2.41. The van der Waals surface area contributed by atoms with E-state index < -0.39 is 0 Å². The Morgan fingerprint density at radius 2 is 1.76 bits per heavy atom. The van der Waals surface area contributed by atoms with Crippen LogP contribution in [0.15, 0.2) is 42.5 Å². The van der Waals surface area contributed by atoms with Crippen LogP contribution in [0.2, 0.25) is 0 Å². The summed E-state index contributed by atoms with van der Waals surface area (Å²) in [6, 6.07) is 15.5. The lowest BCUT2D eigenvalue weighted by Gasteiger charge is -2.37. The van der Waals surface area contributed by atoms with Gasteiger partial charge in [0.2, 0.25) is 0 Å². The number of hydrogen-bond acceptors (Lipinski definition) is 2. The summed E-state index contributed by atoms with van der Waals surface area (Å²) in [5, 5.41) is 15.8. The van der Waals surface area contributed by atoms with Crippen LogP contribution in [0.25, 0.3) is 10.8 Å². The minimum absolute atomic E-state index is 0.279. The maximum absolute atomic E-state index is 9.76. The Balaban J connectivity index is 1.58. The van der Waals surface area contributed by atoms with Gasteiger partial charge < -0.3 is 5.11 Å². The van der Waals surface area contributed by atoms with Gasteiger partial charge in [-0.3, -0.25) is 5.32 Å². The van der Waals surface area contributed by atoms with Gasteiger partial charge in [-0.15, -0.1) is 0 Å². The summed E-state index contributed by atoms with van der Waals surface area (Å²) in [6.45, 7) is 0.996. The van der Waals surface area contributed by atoms with Crippen LogP contribution in [0.1, 0.15) is 43.6 Å². The average Bonchev–Trinajstić information content (AvgIpc) is 2.88. The molecule has 1 saturated carbocycles. The summed E-state index contributed by atoms with van der Waals surface area (Å²) in [7, 11) is 0. The van der Waals surface area contributed by atoms with Gasteiger partial charge in [-0.05, 0) is 59.8 Å². The molecule has 0 bridgehead atoms. The zero-order chi connectivity index (χ0) is 14.3. The molecule has 21 heavy (non-hydrogen) atoms. The number of rotatable bonds is 1. The molecule has 2 aromatic rings. The highest BCUT2D eigenvalue weighted by molar-refractivity contribution is 5.86. The van der Waals surface area contributed by atoms with Crippen molar-refractivity contribution < 1.29 is 5.11 Å². The van der Waals surface area contributed by atoms with E-state index in [0.717, 1.165) is 13.0 Å². The van der Waals surface area contributed by atoms with Crippen molar-refractivity contribution in [3.63, 3.8) is 0 Å². The number of aliphatic hydroxyl groups excluding tert-OH is 1. The van der Waals surface area contributed by atoms with Crippen molar-refractivity contribution in [1.82, 2.24) is 5.32 Å². The second-order valence-electron chi connectivity index (χ2n) is 6.94. The van der Waals surface area contributed by atoms with Crippen LogP contribution in [0.3, 0.4) is 0 Å². The van der Waals surface area contributed by atoms with Gasteiger partial charge >= 0.3 is 0 Å². The van der Waals surface area contributed by atoms with Crippen molar-refractivity contribution in [1.29, 1.82) is 0 Å². The van der Waals surface area contributed by atoms with Crippen LogP contribution < -0.4 is 5.32 Å². The molecule has 1 aliphatic carbocycles. The third-order valence-corrected chi connectivity index (χ3v) is 5.65. The summed E-state index contributed by atoms with van der Waals surface area (Å²) in [5.74, 6) is 0.680. The van der Waals surface area contributed by atoms with E-state index in [1.165, 1.54) is 42.0 Å². The Labute approximate surface area is 126 Å². The van der Waals surface area contributed by atoms with Gasteiger partial charge in [0.25, 0.3) is 0 Å². The molecule has 110 valence electrons. The van der Waals surface area contributed by atoms with Gasteiger partial charge in [-0.2, -0.15) is 0 Å². The molecule has 1 heterocycles. The second kappa shape index (κ2) is 5.11. The third-order valence-electron chi connectivity index (χ3n) is 5.65. The minimum atomic E-state index is -0.279. The molecule has 1 atom stereocenters. The van der Waals surface area contributed by atoms with Crippen LogP contribution in [0.5, 0.6) is 0 Å². The minimum Gasteiger partial charge on any atom is -0.379 e. The van der Waals surface area contributed by atoms with Crippen molar-refractivity contribution >= 4 is 10.8 Å². The fourth-order valence-corrected chi connectivity index (χ4v) is 4.42. The van der Waals surface area contributed by atoms with Gasteiger partial charge in [-0.25, -0.2) is 0 Å². The van der Waals surface area contributed by atoms with Gasteiger partial charge in [0, 0.05) is 6.54 Å². The van der Waals surface area contributed by atoms with E-state index >= 15 is 0 Å². The lowest BCUT2D eigenvalue weighted by Crippen LogP contribution is -2.29. The molecular weight excluding hydrogens is 258 g/mol. The van der Waals surface area contributed by atoms with Crippen molar-refractivity contribution in [3.8, 4) is 0 Å². The highest BCUT2D eigenvalue weighted by Crippen LogP contribution is 2.48. The predicted molar refractivity (Wildman–Crippen MR) is 86.2 cm³/mol. The van der Waals surface area contributed by atoms with Crippen molar-refractivity contribution in [3.05, 3.63) is 48.0 Å². The largest absolute Gasteiger partial charge is 0.379 e. The molecular formula is C19H23NO. The monoisotopic (exact) mass is 281 g/mol. The Morgan fingerprint density at radius 3 is 2.52 bits per heavy atom. The fraction of sp³-hybridized carbons (Fsp3) is 0.474. The summed E-state index contributed by atoms with van der Waals surface area (Å²) < 4.78 is 0. The molecule has 2 N–H and O–H groups in total. The molecule has 0 amide bonds. The molecule has 2 nitrogen and oxygen atoms in total. The van der Waals surface area contributed by atoms with E-state index in [1.54, 1.807) is 0 Å². The number of fused-ring (bicyclic) bond motifs is 1. The van der Waals surface area contributed by atoms with E-state index in [9.17, 15) is 5.11 Å². The zero-order valence-corrected chi connectivity index (χ0v) is 12.4. The second-order valence-corrected chi connectivity index (χ2v) is 6.94. The SMILES string of the molecule is OC1CC2(CCC(c3cccc4ccccc34)CC2)CN1. The van der Waals surface area contributed by atoms with Gasteiger partial charge in [-0.1, -0.05) is 42.5 Å². The van der Waals surface area contributed by atoms with Crippen molar-refractivity contribution in [2.45, 2.75) is 44.2 Å². The number of hydrogen-bond donors (Lipinski definition) is 2. The summed E-state index contributed by atoms with van der Waals surface area (Å²) >= 11 is 0. The maximum atomic E-state index is 9.76. The first-order valence-corrected chi connectivity index (χ1v) is 8.15. The van der Waals surface area contributed by atoms with E-state index in [1.807, 2.05) is 0 Å². The Kier molecular flexibility index (Phi) is 3.24. The van der Waals surface area contributed by atoms with Crippen molar-refractivity contribution in [2.75, 3.05) is 6.54 Å². The third kappa shape index (κ3) is 2.37. The standard InChI is InChI=1S/C19H23NO/c21-18-12-19(13-20-18)10-8-15(9-11-19)17-7-3-5-14-4-1-2-6-16(14)17/h1-7,15,18,20-21H,8-13H2. The Morgan fingerprint density at radius 1 is 1.00 bits per heavy atom. The van der Waals surface area contributed by atoms with Crippen LogP contribution >= 0.6 is 0 Å². The maximum Gasteiger partial charge on any atom is 0.105 e. The molecule has 2 aliphatic rings. The Bertz CT molecular complexity index is 638. The van der Waals surface area contributed by atoms with Crippen molar-refractivity contribution in [2.24, 2.45) is 5.41 Å². The first kappa shape index (κ1) is 13.3. The van der Waals surface area contributed by atoms with E-state index in [4.69, 9.17) is 0 Å². The van der Waals surface area contributed by atoms with E-state index in [2.05, 4.69) is 47.8 Å². The quantitative estimate of drug-likeness (QED) is 0.833.